The van der Waals surface area contributed by atoms with Crippen molar-refractivity contribution < 1.29 is 15.0 Å². The fraction of sp³-hybridized carbons (Fsp3) is 0.929. The Balaban J connectivity index is 1.73. The molecule has 104 valence electrons. The van der Waals surface area contributed by atoms with Crippen LogP contribution in [0.1, 0.15) is 51.4 Å². The number of rotatable bonds is 5. The third-order valence-corrected chi connectivity index (χ3v) is 4.62. The molecule has 0 aromatic carbocycles. The highest BCUT2D eigenvalue weighted by atomic mass is 16.4. The molecule has 3 N–H and O–H groups in total. The van der Waals surface area contributed by atoms with Gasteiger partial charge in [-0.1, -0.05) is 25.7 Å². The lowest BCUT2D eigenvalue weighted by Crippen LogP contribution is -2.44. The van der Waals surface area contributed by atoms with Crippen LogP contribution in [0.15, 0.2) is 0 Å². The number of nitrogens with one attached hydrogen (secondary N) is 1. The van der Waals surface area contributed by atoms with Gasteiger partial charge in [0.2, 0.25) is 0 Å². The van der Waals surface area contributed by atoms with Crippen LogP contribution >= 0.6 is 0 Å². The Labute approximate surface area is 109 Å². The Hall–Kier alpha value is -0.610. The first-order valence-electron chi connectivity index (χ1n) is 7.27. The number of aliphatic hydroxyl groups is 1. The fourth-order valence-corrected chi connectivity index (χ4v) is 3.48. The van der Waals surface area contributed by atoms with Crippen LogP contribution in [0.4, 0.5) is 0 Å². The van der Waals surface area contributed by atoms with Crippen molar-refractivity contribution >= 4 is 5.97 Å². The summed E-state index contributed by atoms with van der Waals surface area (Å²) in [5, 5.41) is 22.8. The molecule has 0 aromatic heterocycles. The number of carbonyl (C=O) groups is 1. The first-order chi connectivity index (χ1) is 8.61. The molecule has 4 heteroatoms. The summed E-state index contributed by atoms with van der Waals surface area (Å²) in [6.07, 6.45) is 8.05. The molecule has 0 amide bonds. The predicted molar refractivity (Wildman–Crippen MR) is 69.4 cm³/mol. The second-order valence-electron chi connectivity index (χ2n) is 6.05. The summed E-state index contributed by atoms with van der Waals surface area (Å²) < 4.78 is 0. The number of carboxylic acids is 1. The van der Waals surface area contributed by atoms with Gasteiger partial charge in [0.05, 0.1) is 11.5 Å². The van der Waals surface area contributed by atoms with E-state index >= 15 is 0 Å². The van der Waals surface area contributed by atoms with Crippen molar-refractivity contribution in [2.45, 2.75) is 57.0 Å². The highest BCUT2D eigenvalue weighted by Crippen LogP contribution is 2.32. The van der Waals surface area contributed by atoms with E-state index in [0.29, 0.717) is 6.54 Å². The van der Waals surface area contributed by atoms with Gasteiger partial charge in [0.25, 0.3) is 0 Å². The fourth-order valence-electron chi connectivity index (χ4n) is 3.48. The van der Waals surface area contributed by atoms with Crippen LogP contribution in [0, 0.1) is 11.8 Å². The molecule has 0 bridgehead atoms. The molecule has 2 rings (SSSR count). The number of carboxylic acid groups (broad SMARTS) is 1. The van der Waals surface area contributed by atoms with E-state index in [1.54, 1.807) is 0 Å². The second kappa shape index (κ2) is 6.02. The van der Waals surface area contributed by atoms with Gasteiger partial charge in [-0.15, -0.1) is 0 Å². The van der Waals surface area contributed by atoms with Gasteiger partial charge in [-0.2, -0.15) is 0 Å². The molecule has 0 radical (unpaired) electrons. The standard InChI is InChI=1S/C14H25NO3/c16-13(17)12-6-4-5-11(12)9-15-10-14(18)7-2-1-3-8-14/h11-12,15,18H,1-10H2,(H,16,17). The third-order valence-electron chi connectivity index (χ3n) is 4.62. The van der Waals surface area contributed by atoms with E-state index < -0.39 is 11.6 Å². The topological polar surface area (TPSA) is 69.6 Å². The summed E-state index contributed by atoms with van der Waals surface area (Å²) in [5.74, 6) is -0.594. The molecule has 0 spiro atoms. The van der Waals surface area contributed by atoms with Crippen molar-refractivity contribution in [3.05, 3.63) is 0 Å². The van der Waals surface area contributed by atoms with Crippen molar-refractivity contribution in [1.82, 2.24) is 5.32 Å². The lowest BCUT2D eigenvalue weighted by atomic mass is 9.84. The van der Waals surface area contributed by atoms with E-state index in [1.807, 2.05) is 0 Å². The molecule has 0 heterocycles. The SMILES string of the molecule is O=C(O)C1CCCC1CNCC1(O)CCCCC1. The smallest absolute Gasteiger partial charge is 0.306 e. The predicted octanol–water partition coefficient (Wildman–Crippen LogP) is 1.77. The van der Waals surface area contributed by atoms with Crippen LogP contribution in [-0.2, 0) is 4.79 Å². The van der Waals surface area contributed by atoms with E-state index in [9.17, 15) is 9.90 Å². The number of hydrogen-bond donors (Lipinski definition) is 3. The second-order valence-corrected chi connectivity index (χ2v) is 6.05. The quantitative estimate of drug-likeness (QED) is 0.700. The van der Waals surface area contributed by atoms with E-state index in [-0.39, 0.29) is 11.8 Å². The molecule has 0 saturated heterocycles. The average Bonchev–Trinajstić information content (AvgIpc) is 2.78. The van der Waals surface area contributed by atoms with E-state index in [4.69, 9.17) is 5.11 Å². The van der Waals surface area contributed by atoms with Gasteiger partial charge in [0, 0.05) is 6.54 Å². The molecule has 0 aromatic rings. The Morgan fingerprint density at radius 1 is 1.17 bits per heavy atom. The van der Waals surface area contributed by atoms with Crippen molar-refractivity contribution in [2.24, 2.45) is 11.8 Å². The van der Waals surface area contributed by atoms with Crippen LogP contribution < -0.4 is 5.32 Å². The zero-order chi connectivity index (χ0) is 13.0. The summed E-state index contributed by atoms with van der Waals surface area (Å²) in [6.45, 7) is 1.36. The van der Waals surface area contributed by atoms with Gasteiger partial charge >= 0.3 is 5.97 Å². The molecule has 2 unspecified atom stereocenters. The van der Waals surface area contributed by atoms with E-state index in [2.05, 4.69) is 5.32 Å². The Bertz CT molecular complexity index is 287. The maximum atomic E-state index is 11.1. The number of hydrogen-bond acceptors (Lipinski definition) is 3. The van der Waals surface area contributed by atoms with Gasteiger partial charge < -0.3 is 15.5 Å². The van der Waals surface area contributed by atoms with Gasteiger partial charge in [-0.05, 0) is 38.1 Å². The maximum Gasteiger partial charge on any atom is 0.306 e. The molecular weight excluding hydrogens is 230 g/mol. The Kier molecular flexibility index (Phi) is 4.62. The average molecular weight is 255 g/mol. The number of aliphatic carboxylic acids is 1. The Morgan fingerprint density at radius 2 is 1.89 bits per heavy atom. The Morgan fingerprint density at radius 3 is 2.56 bits per heavy atom. The molecule has 2 fully saturated rings. The van der Waals surface area contributed by atoms with Crippen molar-refractivity contribution in [2.75, 3.05) is 13.1 Å². The van der Waals surface area contributed by atoms with Crippen molar-refractivity contribution in [1.29, 1.82) is 0 Å². The lowest BCUT2D eigenvalue weighted by molar-refractivity contribution is -0.142. The van der Waals surface area contributed by atoms with Crippen LogP contribution in [0.2, 0.25) is 0 Å². The highest BCUT2D eigenvalue weighted by Gasteiger charge is 2.34. The minimum atomic E-state index is -0.657. The first-order valence-corrected chi connectivity index (χ1v) is 7.27. The largest absolute Gasteiger partial charge is 0.481 e. The molecule has 2 atom stereocenters. The van der Waals surface area contributed by atoms with E-state index in [0.717, 1.165) is 51.5 Å². The zero-order valence-electron chi connectivity index (χ0n) is 11.0. The van der Waals surface area contributed by atoms with E-state index in [1.165, 1.54) is 6.42 Å². The molecule has 2 aliphatic carbocycles. The monoisotopic (exact) mass is 255 g/mol. The molecule has 4 nitrogen and oxygen atoms in total. The van der Waals surface area contributed by atoms with Crippen LogP contribution in [-0.4, -0.2) is 34.9 Å². The summed E-state index contributed by atoms with van der Waals surface area (Å²) in [5.41, 5.74) is -0.546. The summed E-state index contributed by atoms with van der Waals surface area (Å²) in [6, 6.07) is 0. The molecular formula is C14H25NO3. The lowest BCUT2D eigenvalue weighted by Gasteiger charge is -2.32. The molecule has 2 aliphatic rings. The molecule has 2 saturated carbocycles. The maximum absolute atomic E-state index is 11.1. The summed E-state index contributed by atoms with van der Waals surface area (Å²) in [7, 11) is 0. The van der Waals surface area contributed by atoms with Gasteiger partial charge in [-0.3, -0.25) is 4.79 Å². The minimum Gasteiger partial charge on any atom is -0.481 e. The van der Waals surface area contributed by atoms with Crippen molar-refractivity contribution in [3.63, 3.8) is 0 Å². The molecule has 0 aliphatic heterocycles. The minimum absolute atomic E-state index is 0.182. The third kappa shape index (κ3) is 3.45. The summed E-state index contributed by atoms with van der Waals surface area (Å²) in [4.78, 5) is 11.1. The van der Waals surface area contributed by atoms with Crippen LogP contribution in [0.25, 0.3) is 0 Å². The van der Waals surface area contributed by atoms with Crippen molar-refractivity contribution in [3.8, 4) is 0 Å². The van der Waals surface area contributed by atoms with Gasteiger partial charge in [-0.25, -0.2) is 0 Å². The summed E-state index contributed by atoms with van der Waals surface area (Å²) >= 11 is 0. The van der Waals surface area contributed by atoms with Gasteiger partial charge in [0.1, 0.15) is 0 Å². The normalized spacial score (nSPS) is 31.4. The van der Waals surface area contributed by atoms with Gasteiger partial charge in [0.15, 0.2) is 0 Å². The molecule has 18 heavy (non-hydrogen) atoms. The highest BCUT2D eigenvalue weighted by molar-refractivity contribution is 5.70. The van der Waals surface area contributed by atoms with Crippen LogP contribution in [0.3, 0.4) is 0 Å². The zero-order valence-corrected chi connectivity index (χ0v) is 11.0. The van der Waals surface area contributed by atoms with Crippen LogP contribution in [0.5, 0.6) is 0 Å². The first kappa shape index (κ1) is 13.8.